The Morgan fingerprint density at radius 1 is 1.18 bits per heavy atom. The fourth-order valence-electron chi connectivity index (χ4n) is 2.30. The van der Waals surface area contributed by atoms with Gasteiger partial charge in [0.1, 0.15) is 0 Å². The van der Waals surface area contributed by atoms with Crippen molar-refractivity contribution in [1.82, 2.24) is 20.5 Å². The molecule has 0 fully saturated rings. The molecule has 5 nitrogen and oxygen atoms in total. The van der Waals surface area contributed by atoms with Gasteiger partial charge in [0.15, 0.2) is 5.69 Å². The number of rotatable bonds is 2. The van der Waals surface area contributed by atoms with Gasteiger partial charge in [0.05, 0.1) is 5.52 Å². The van der Waals surface area contributed by atoms with E-state index in [4.69, 9.17) is 0 Å². The lowest BCUT2D eigenvalue weighted by atomic mass is 10.0. The number of hydrogen-bond acceptors (Lipinski definition) is 3. The van der Waals surface area contributed by atoms with Crippen LogP contribution in [0.5, 0.6) is 0 Å². The molecule has 0 bridgehead atoms. The van der Waals surface area contributed by atoms with E-state index < -0.39 is 0 Å². The maximum absolute atomic E-state index is 12.4. The second kappa shape index (κ2) is 5.26. The van der Waals surface area contributed by atoms with E-state index in [1.807, 2.05) is 51.1 Å². The lowest BCUT2D eigenvalue weighted by Gasteiger charge is -2.19. The Balaban J connectivity index is 2.04. The first-order valence-corrected chi connectivity index (χ1v) is 7.15. The lowest BCUT2D eigenvalue weighted by molar-refractivity contribution is 0.0916. The summed E-state index contributed by atoms with van der Waals surface area (Å²) in [5.41, 5.74) is 2.96. The second-order valence-corrected chi connectivity index (χ2v) is 6.28. The van der Waals surface area contributed by atoms with Gasteiger partial charge in [-0.1, -0.05) is 12.1 Å². The van der Waals surface area contributed by atoms with Gasteiger partial charge in [-0.15, -0.1) is 0 Å². The SMILES string of the molecule is CC(C)(C)NC(=O)c1n[nH]c2ccc(-c3cccnc3)cc12. The monoisotopic (exact) mass is 294 g/mol. The van der Waals surface area contributed by atoms with Crippen molar-refractivity contribution in [3.05, 3.63) is 48.4 Å². The molecule has 5 heteroatoms. The summed E-state index contributed by atoms with van der Waals surface area (Å²) in [6.45, 7) is 5.84. The highest BCUT2D eigenvalue weighted by Gasteiger charge is 2.20. The number of H-pyrrole nitrogens is 1. The van der Waals surface area contributed by atoms with E-state index in [0.717, 1.165) is 22.0 Å². The van der Waals surface area contributed by atoms with Gasteiger partial charge in [0.25, 0.3) is 5.91 Å². The molecule has 0 saturated heterocycles. The van der Waals surface area contributed by atoms with Crippen LogP contribution in [0.2, 0.25) is 0 Å². The maximum atomic E-state index is 12.4. The molecule has 0 aliphatic heterocycles. The lowest BCUT2D eigenvalue weighted by Crippen LogP contribution is -2.40. The van der Waals surface area contributed by atoms with Crippen molar-refractivity contribution < 1.29 is 4.79 Å². The van der Waals surface area contributed by atoms with E-state index in [0.29, 0.717) is 5.69 Å². The van der Waals surface area contributed by atoms with Crippen LogP contribution in [0.15, 0.2) is 42.7 Å². The number of fused-ring (bicyclic) bond motifs is 1. The fourth-order valence-corrected chi connectivity index (χ4v) is 2.30. The first-order valence-electron chi connectivity index (χ1n) is 7.15. The number of benzene rings is 1. The summed E-state index contributed by atoms with van der Waals surface area (Å²) in [4.78, 5) is 16.5. The van der Waals surface area contributed by atoms with E-state index in [2.05, 4.69) is 20.5 Å². The topological polar surface area (TPSA) is 70.7 Å². The molecule has 1 aromatic carbocycles. The van der Waals surface area contributed by atoms with Gasteiger partial charge in [0, 0.05) is 28.9 Å². The minimum absolute atomic E-state index is 0.179. The van der Waals surface area contributed by atoms with Gasteiger partial charge in [-0.25, -0.2) is 0 Å². The van der Waals surface area contributed by atoms with Crippen LogP contribution in [0.25, 0.3) is 22.0 Å². The van der Waals surface area contributed by atoms with Crippen LogP contribution in [-0.4, -0.2) is 26.6 Å². The molecule has 22 heavy (non-hydrogen) atoms. The standard InChI is InChI=1S/C17H18N4O/c1-17(2,3)19-16(22)15-13-9-11(6-7-14(13)20-21-15)12-5-4-8-18-10-12/h4-10H,1-3H3,(H,19,22)(H,20,21). The minimum atomic E-state index is -0.302. The van der Waals surface area contributed by atoms with Crippen molar-refractivity contribution >= 4 is 16.8 Å². The van der Waals surface area contributed by atoms with Crippen molar-refractivity contribution in [2.24, 2.45) is 0 Å². The van der Waals surface area contributed by atoms with Crippen molar-refractivity contribution in [1.29, 1.82) is 0 Å². The largest absolute Gasteiger partial charge is 0.346 e. The van der Waals surface area contributed by atoms with Crippen LogP contribution in [0.4, 0.5) is 0 Å². The highest BCUT2D eigenvalue weighted by Crippen LogP contribution is 2.25. The summed E-state index contributed by atoms with van der Waals surface area (Å²) in [6.07, 6.45) is 3.54. The van der Waals surface area contributed by atoms with Crippen molar-refractivity contribution in [2.45, 2.75) is 26.3 Å². The van der Waals surface area contributed by atoms with E-state index in [1.54, 1.807) is 12.4 Å². The Kier molecular flexibility index (Phi) is 3.41. The molecular weight excluding hydrogens is 276 g/mol. The molecule has 0 spiro atoms. The number of aromatic nitrogens is 3. The summed E-state index contributed by atoms with van der Waals surface area (Å²) in [5.74, 6) is -0.179. The van der Waals surface area contributed by atoms with E-state index >= 15 is 0 Å². The zero-order chi connectivity index (χ0) is 15.7. The van der Waals surface area contributed by atoms with Crippen molar-refractivity contribution in [3.8, 4) is 11.1 Å². The molecular formula is C17H18N4O. The zero-order valence-electron chi connectivity index (χ0n) is 12.8. The number of amides is 1. The van der Waals surface area contributed by atoms with Gasteiger partial charge in [-0.05, 0) is 44.5 Å². The number of carbonyl (C=O) groups excluding carboxylic acids is 1. The highest BCUT2D eigenvalue weighted by atomic mass is 16.2. The smallest absolute Gasteiger partial charge is 0.272 e. The van der Waals surface area contributed by atoms with E-state index in [9.17, 15) is 4.79 Å². The molecule has 0 saturated carbocycles. The number of hydrogen-bond donors (Lipinski definition) is 2. The number of nitrogens with one attached hydrogen (secondary N) is 2. The summed E-state index contributed by atoms with van der Waals surface area (Å²) < 4.78 is 0. The third kappa shape index (κ3) is 2.83. The molecule has 3 aromatic rings. The van der Waals surface area contributed by atoms with E-state index in [1.165, 1.54) is 0 Å². The number of pyridine rings is 1. The van der Waals surface area contributed by atoms with Crippen LogP contribution >= 0.6 is 0 Å². The number of carbonyl (C=O) groups is 1. The first kappa shape index (κ1) is 14.3. The molecule has 0 radical (unpaired) electrons. The molecule has 0 atom stereocenters. The Morgan fingerprint density at radius 3 is 2.68 bits per heavy atom. The third-order valence-corrected chi connectivity index (χ3v) is 3.26. The summed E-state index contributed by atoms with van der Waals surface area (Å²) >= 11 is 0. The first-order chi connectivity index (χ1) is 10.4. The number of aromatic amines is 1. The average Bonchev–Trinajstić information content (AvgIpc) is 2.89. The van der Waals surface area contributed by atoms with Crippen LogP contribution in [0.3, 0.4) is 0 Å². The van der Waals surface area contributed by atoms with Crippen molar-refractivity contribution in [2.75, 3.05) is 0 Å². The highest BCUT2D eigenvalue weighted by molar-refractivity contribution is 6.05. The zero-order valence-corrected chi connectivity index (χ0v) is 12.8. The van der Waals surface area contributed by atoms with Gasteiger partial charge in [-0.2, -0.15) is 5.10 Å². The van der Waals surface area contributed by atoms with Gasteiger partial charge in [0.2, 0.25) is 0 Å². The van der Waals surface area contributed by atoms with Crippen molar-refractivity contribution in [3.63, 3.8) is 0 Å². The average molecular weight is 294 g/mol. The minimum Gasteiger partial charge on any atom is -0.346 e. The molecule has 2 N–H and O–H groups in total. The van der Waals surface area contributed by atoms with Gasteiger partial charge >= 0.3 is 0 Å². The number of nitrogens with zero attached hydrogens (tertiary/aromatic N) is 2. The second-order valence-electron chi connectivity index (χ2n) is 6.28. The predicted octanol–water partition coefficient (Wildman–Crippen LogP) is 3.15. The van der Waals surface area contributed by atoms with Crippen LogP contribution < -0.4 is 5.32 Å². The predicted molar refractivity (Wildman–Crippen MR) is 86.5 cm³/mol. The Morgan fingerprint density at radius 2 is 2.00 bits per heavy atom. The Hall–Kier alpha value is -2.69. The molecule has 0 unspecified atom stereocenters. The van der Waals surface area contributed by atoms with Crippen LogP contribution in [-0.2, 0) is 0 Å². The molecule has 1 amide bonds. The quantitative estimate of drug-likeness (QED) is 0.762. The molecule has 0 aliphatic rings. The van der Waals surface area contributed by atoms with E-state index in [-0.39, 0.29) is 11.4 Å². The maximum Gasteiger partial charge on any atom is 0.272 e. The summed E-state index contributed by atoms with van der Waals surface area (Å²) in [7, 11) is 0. The normalized spacial score (nSPS) is 11.6. The molecule has 0 aliphatic carbocycles. The molecule has 2 heterocycles. The van der Waals surface area contributed by atoms with Crippen LogP contribution in [0.1, 0.15) is 31.3 Å². The Bertz CT molecular complexity index is 816. The molecule has 2 aromatic heterocycles. The third-order valence-electron chi connectivity index (χ3n) is 3.26. The summed E-state index contributed by atoms with van der Waals surface area (Å²) in [6, 6.07) is 9.76. The van der Waals surface area contributed by atoms with Gasteiger partial charge < -0.3 is 5.32 Å². The van der Waals surface area contributed by atoms with Crippen LogP contribution in [0, 0.1) is 0 Å². The van der Waals surface area contributed by atoms with Gasteiger partial charge in [-0.3, -0.25) is 14.9 Å². The fraction of sp³-hybridized carbons (Fsp3) is 0.235. The Labute approximate surface area is 128 Å². The molecule has 3 rings (SSSR count). The summed E-state index contributed by atoms with van der Waals surface area (Å²) in [5, 5.41) is 10.8. The molecule has 112 valence electrons.